The molecular formula is C52H33N3. The molecule has 0 aliphatic rings. The molecule has 11 aromatic rings. The third-order valence-electron chi connectivity index (χ3n) is 11.0. The number of nitrogens with zero attached hydrogens (tertiary/aromatic N) is 3. The van der Waals surface area contributed by atoms with Crippen LogP contribution in [-0.4, -0.2) is 14.5 Å². The molecule has 0 saturated heterocycles. The van der Waals surface area contributed by atoms with Crippen molar-refractivity contribution in [1.82, 2.24) is 14.5 Å². The molecule has 0 saturated carbocycles. The van der Waals surface area contributed by atoms with Gasteiger partial charge in [-0.25, -0.2) is 9.97 Å². The van der Waals surface area contributed by atoms with Gasteiger partial charge in [0.15, 0.2) is 5.82 Å². The molecule has 2 aromatic heterocycles. The monoisotopic (exact) mass is 699 g/mol. The zero-order chi connectivity index (χ0) is 36.3. The van der Waals surface area contributed by atoms with Gasteiger partial charge in [-0.2, -0.15) is 0 Å². The number of hydrogen-bond donors (Lipinski definition) is 0. The maximum atomic E-state index is 5.27. The maximum absolute atomic E-state index is 5.27. The van der Waals surface area contributed by atoms with Gasteiger partial charge in [0.1, 0.15) is 0 Å². The van der Waals surface area contributed by atoms with Crippen LogP contribution in [0.2, 0.25) is 0 Å². The second-order valence-corrected chi connectivity index (χ2v) is 14.1. The summed E-state index contributed by atoms with van der Waals surface area (Å²) in [6.45, 7) is 0. The molecular weight excluding hydrogens is 667 g/mol. The number of rotatable bonds is 5. The van der Waals surface area contributed by atoms with Gasteiger partial charge in [-0.3, -0.25) is 0 Å². The highest BCUT2D eigenvalue weighted by Crippen LogP contribution is 2.43. The molecule has 0 radical (unpaired) electrons. The highest BCUT2D eigenvalue weighted by atomic mass is 15.0. The predicted molar refractivity (Wildman–Crippen MR) is 231 cm³/mol. The van der Waals surface area contributed by atoms with Crippen molar-refractivity contribution in [3.05, 3.63) is 200 Å². The molecule has 0 bridgehead atoms. The zero-order valence-corrected chi connectivity index (χ0v) is 29.9. The quantitative estimate of drug-likeness (QED) is 0.167. The van der Waals surface area contributed by atoms with Gasteiger partial charge in [-0.1, -0.05) is 158 Å². The first-order valence-corrected chi connectivity index (χ1v) is 18.7. The fraction of sp³-hybridized carbons (Fsp3) is 0. The Hall–Kier alpha value is -7.36. The Labute approximate surface area is 318 Å². The number of fused-ring (bicyclic) bond motifs is 9. The van der Waals surface area contributed by atoms with Gasteiger partial charge >= 0.3 is 0 Å². The average molecular weight is 700 g/mol. The van der Waals surface area contributed by atoms with Crippen molar-refractivity contribution in [2.24, 2.45) is 0 Å². The SMILES string of the molecule is c1ccc(-c2cc(-c3cccc4c5ccccc5c5cc(-c6ccc7c(c6)c6ccccc6n7-c6ccccc6)ccc5c34)nc(-c3ccccc3)n2)cc1. The number of hydrogen-bond acceptors (Lipinski definition) is 2. The minimum Gasteiger partial charge on any atom is -0.309 e. The van der Waals surface area contributed by atoms with Crippen LogP contribution in [0.25, 0.3) is 105 Å². The maximum Gasteiger partial charge on any atom is 0.160 e. The fourth-order valence-electron chi connectivity index (χ4n) is 8.46. The van der Waals surface area contributed by atoms with E-state index in [-0.39, 0.29) is 0 Å². The van der Waals surface area contributed by atoms with E-state index in [0.717, 1.165) is 33.8 Å². The molecule has 3 nitrogen and oxygen atoms in total. The van der Waals surface area contributed by atoms with Crippen LogP contribution in [-0.2, 0) is 0 Å². The van der Waals surface area contributed by atoms with E-state index in [0.29, 0.717) is 5.82 Å². The van der Waals surface area contributed by atoms with Gasteiger partial charge in [0.2, 0.25) is 0 Å². The Morgan fingerprint density at radius 2 is 0.855 bits per heavy atom. The van der Waals surface area contributed by atoms with E-state index in [4.69, 9.17) is 9.97 Å². The smallest absolute Gasteiger partial charge is 0.160 e. The highest BCUT2D eigenvalue weighted by Gasteiger charge is 2.18. The van der Waals surface area contributed by atoms with Crippen molar-refractivity contribution in [3.63, 3.8) is 0 Å². The summed E-state index contributed by atoms with van der Waals surface area (Å²) in [7, 11) is 0. The first-order valence-electron chi connectivity index (χ1n) is 18.7. The van der Waals surface area contributed by atoms with Gasteiger partial charge < -0.3 is 4.57 Å². The normalized spacial score (nSPS) is 11.6. The molecule has 0 atom stereocenters. The lowest BCUT2D eigenvalue weighted by Gasteiger charge is -2.16. The fourth-order valence-corrected chi connectivity index (χ4v) is 8.46. The topological polar surface area (TPSA) is 30.7 Å². The van der Waals surface area contributed by atoms with E-state index >= 15 is 0 Å². The second-order valence-electron chi connectivity index (χ2n) is 14.1. The minimum absolute atomic E-state index is 0.713. The molecule has 3 heteroatoms. The minimum atomic E-state index is 0.713. The summed E-state index contributed by atoms with van der Waals surface area (Å²) in [6.07, 6.45) is 0. The van der Waals surface area contributed by atoms with E-state index in [1.54, 1.807) is 0 Å². The lowest BCUT2D eigenvalue weighted by Crippen LogP contribution is -1.97. The van der Waals surface area contributed by atoms with Crippen LogP contribution in [0.15, 0.2) is 200 Å². The molecule has 0 unspecified atom stereocenters. The van der Waals surface area contributed by atoms with Crippen molar-refractivity contribution in [3.8, 4) is 50.7 Å². The second kappa shape index (κ2) is 12.6. The van der Waals surface area contributed by atoms with E-state index in [9.17, 15) is 0 Å². The molecule has 0 aliphatic heterocycles. The Kier molecular flexibility index (Phi) is 7.17. The summed E-state index contributed by atoms with van der Waals surface area (Å²) >= 11 is 0. The molecule has 0 N–H and O–H groups in total. The van der Waals surface area contributed by atoms with E-state index in [1.807, 2.05) is 24.3 Å². The molecule has 0 fully saturated rings. The van der Waals surface area contributed by atoms with Crippen molar-refractivity contribution in [1.29, 1.82) is 0 Å². The molecule has 256 valence electrons. The van der Waals surface area contributed by atoms with Crippen molar-refractivity contribution in [2.75, 3.05) is 0 Å². The summed E-state index contributed by atoms with van der Waals surface area (Å²) in [5.41, 5.74) is 10.9. The zero-order valence-electron chi connectivity index (χ0n) is 29.9. The van der Waals surface area contributed by atoms with Gasteiger partial charge in [0.05, 0.1) is 22.4 Å². The molecule has 0 spiro atoms. The molecule has 0 aliphatic carbocycles. The summed E-state index contributed by atoms with van der Waals surface area (Å²) < 4.78 is 2.37. The van der Waals surface area contributed by atoms with E-state index in [2.05, 4.69) is 180 Å². The number of benzene rings is 9. The third-order valence-corrected chi connectivity index (χ3v) is 11.0. The Bertz CT molecular complexity index is 3180. The van der Waals surface area contributed by atoms with Crippen molar-refractivity contribution < 1.29 is 0 Å². The first kappa shape index (κ1) is 31.2. The summed E-state index contributed by atoms with van der Waals surface area (Å²) in [4.78, 5) is 10.3. The average Bonchev–Trinajstić information content (AvgIpc) is 3.60. The largest absolute Gasteiger partial charge is 0.309 e. The molecule has 0 amide bonds. The van der Waals surface area contributed by atoms with Crippen molar-refractivity contribution in [2.45, 2.75) is 0 Å². The summed E-state index contributed by atoms with van der Waals surface area (Å²) in [5.74, 6) is 0.713. The van der Waals surface area contributed by atoms with Gasteiger partial charge in [0.25, 0.3) is 0 Å². The van der Waals surface area contributed by atoms with Gasteiger partial charge in [-0.05, 0) is 85.9 Å². The summed E-state index contributed by atoms with van der Waals surface area (Å²) in [6, 6.07) is 71.5. The lowest BCUT2D eigenvalue weighted by atomic mass is 9.89. The van der Waals surface area contributed by atoms with E-state index in [1.165, 1.54) is 65.3 Å². The number of aromatic nitrogens is 3. The van der Waals surface area contributed by atoms with Gasteiger partial charge in [0, 0.05) is 33.2 Å². The van der Waals surface area contributed by atoms with Crippen LogP contribution >= 0.6 is 0 Å². The molecule has 55 heavy (non-hydrogen) atoms. The Balaban J connectivity index is 1.15. The van der Waals surface area contributed by atoms with Crippen LogP contribution in [0.4, 0.5) is 0 Å². The summed E-state index contributed by atoms with van der Waals surface area (Å²) in [5, 5.41) is 9.80. The van der Waals surface area contributed by atoms with Crippen LogP contribution in [0.1, 0.15) is 0 Å². The Morgan fingerprint density at radius 1 is 0.309 bits per heavy atom. The number of para-hydroxylation sites is 2. The van der Waals surface area contributed by atoms with Crippen LogP contribution in [0.3, 0.4) is 0 Å². The highest BCUT2D eigenvalue weighted by molar-refractivity contribution is 6.28. The van der Waals surface area contributed by atoms with Crippen molar-refractivity contribution >= 4 is 54.1 Å². The third kappa shape index (κ3) is 5.13. The predicted octanol–water partition coefficient (Wildman–Crippen LogP) is 13.7. The Morgan fingerprint density at radius 3 is 1.62 bits per heavy atom. The van der Waals surface area contributed by atoms with Crippen LogP contribution < -0.4 is 0 Å². The van der Waals surface area contributed by atoms with Crippen LogP contribution in [0, 0.1) is 0 Å². The van der Waals surface area contributed by atoms with E-state index < -0.39 is 0 Å². The first-order chi connectivity index (χ1) is 27.3. The lowest BCUT2D eigenvalue weighted by molar-refractivity contribution is 1.18. The van der Waals surface area contributed by atoms with Crippen LogP contribution in [0.5, 0.6) is 0 Å². The molecule has 9 aromatic carbocycles. The molecule has 11 rings (SSSR count). The van der Waals surface area contributed by atoms with Gasteiger partial charge in [-0.15, -0.1) is 0 Å². The molecule has 2 heterocycles. The standard InChI is InChI=1S/C52H33N3/c1-4-15-34(16-5-1)47-33-48(54-52(53-47)35-17-6-2-7-18-35)44-25-14-24-42-39-21-10-11-22-40(39)45-31-36(27-29-43(45)51(42)44)37-28-30-50-46(32-37)41-23-12-13-26-49(41)55(50)38-19-8-3-9-20-38/h1-33H.